The van der Waals surface area contributed by atoms with Crippen LogP contribution in [0.15, 0.2) is 122 Å². The van der Waals surface area contributed by atoms with E-state index in [-0.39, 0.29) is 5.95 Å². The molecule has 3 N–H and O–H groups in total. The van der Waals surface area contributed by atoms with Gasteiger partial charge in [-0.25, -0.2) is 15.0 Å². The first-order valence-electron chi connectivity index (χ1n) is 12.3. The topological polar surface area (TPSA) is 112 Å². The molecule has 0 fully saturated rings. The maximum absolute atomic E-state index is 6.10. The predicted molar refractivity (Wildman–Crippen MR) is 152 cm³/mol. The number of ether oxygens (including phenoxy) is 1. The molecule has 39 heavy (non-hydrogen) atoms. The predicted octanol–water partition coefficient (Wildman–Crippen LogP) is 6.78. The smallest absolute Gasteiger partial charge is 0.228 e. The fraction of sp³-hybridized carbons (Fsp3) is 0. The van der Waals surface area contributed by atoms with Crippen molar-refractivity contribution in [3.8, 4) is 45.3 Å². The average Bonchev–Trinajstić information content (AvgIpc) is 2.99. The highest BCUT2D eigenvalue weighted by Crippen LogP contribution is 2.33. The van der Waals surface area contributed by atoms with Crippen LogP contribution in [0.1, 0.15) is 0 Å². The fourth-order valence-corrected chi connectivity index (χ4v) is 4.12. The zero-order valence-electron chi connectivity index (χ0n) is 20.8. The number of pyridine rings is 1. The number of anilines is 3. The minimum Gasteiger partial charge on any atom is -0.438 e. The number of nitrogens with one attached hydrogen (secondary N) is 1. The summed E-state index contributed by atoms with van der Waals surface area (Å²) in [6, 6.07) is 35.2. The van der Waals surface area contributed by atoms with Crippen LogP contribution < -0.4 is 15.8 Å². The van der Waals surface area contributed by atoms with Gasteiger partial charge in [0.05, 0.1) is 17.0 Å². The average molecular weight is 510 g/mol. The highest BCUT2D eigenvalue weighted by molar-refractivity contribution is 5.81. The second kappa shape index (κ2) is 10.8. The number of aromatic nitrogens is 5. The Hall–Kier alpha value is -5.63. The summed E-state index contributed by atoms with van der Waals surface area (Å²) in [5.74, 6) is 1.89. The van der Waals surface area contributed by atoms with Gasteiger partial charge in [-0.1, -0.05) is 60.7 Å². The van der Waals surface area contributed by atoms with E-state index < -0.39 is 0 Å². The SMILES string of the molecule is Nc1nccc(-c2cccnc2Oc2ccc(Nc3nnc(-c4ccccc4)cc3-c3ccccc3)cc2)n1. The summed E-state index contributed by atoms with van der Waals surface area (Å²) < 4.78 is 6.10. The Kier molecular flexibility index (Phi) is 6.56. The maximum atomic E-state index is 6.10. The third-order valence-corrected chi connectivity index (χ3v) is 6.00. The van der Waals surface area contributed by atoms with E-state index in [4.69, 9.17) is 10.5 Å². The molecule has 0 bridgehead atoms. The molecular formula is C31H23N7O. The van der Waals surface area contributed by atoms with Gasteiger partial charge in [0.15, 0.2) is 5.82 Å². The highest BCUT2D eigenvalue weighted by atomic mass is 16.5. The number of nitrogens with two attached hydrogens (primary N) is 1. The van der Waals surface area contributed by atoms with Crippen LogP contribution in [-0.2, 0) is 0 Å². The molecule has 3 aromatic carbocycles. The molecule has 6 rings (SSSR count). The lowest BCUT2D eigenvalue weighted by Gasteiger charge is -2.13. The van der Waals surface area contributed by atoms with E-state index in [0.717, 1.165) is 33.6 Å². The van der Waals surface area contributed by atoms with Crippen LogP contribution in [-0.4, -0.2) is 25.1 Å². The molecular weight excluding hydrogens is 486 g/mol. The van der Waals surface area contributed by atoms with Crippen molar-refractivity contribution in [1.82, 2.24) is 25.1 Å². The summed E-state index contributed by atoms with van der Waals surface area (Å²) in [7, 11) is 0. The molecule has 8 nitrogen and oxygen atoms in total. The lowest BCUT2D eigenvalue weighted by molar-refractivity contribution is 0.465. The first kappa shape index (κ1) is 23.7. The second-order valence-corrected chi connectivity index (χ2v) is 8.63. The first-order valence-corrected chi connectivity index (χ1v) is 12.3. The molecule has 0 atom stereocenters. The van der Waals surface area contributed by atoms with Crippen LogP contribution in [0.2, 0.25) is 0 Å². The van der Waals surface area contributed by atoms with Gasteiger partial charge in [-0.2, -0.15) is 0 Å². The van der Waals surface area contributed by atoms with Crippen LogP contribution in [0.4, 0.5) is 17.5 Å². The Balaban J connectivity index is 1.26. The Bertz CT molecular complexity index is 1710. The highest BCUT2D eigenvalue weighted by Gasteiger charge is 2.13. The monoisotopic (exact) mass is 509 g/mol. The van der Waals surface area contributed by atoms with Crippen molar-refractivity contribution in [2.24, 2.45) is 0 Å². The molecule has 188 valence electrons. The molecule has 0 aliphatic rings. The van der Waals surface area contributed by atoms with E-state index in [9.17, 15) is 0 Å². The first-order chi connectivity index (χ1) is 19.2. The largest absolute Gasteiger partial charge is 0.438 e. The summed E-state index contributed by atoms with van der Waals surface area (Å²) >= 11 is 0. The molecule has 3 heterocycles. The van der Waals surface area contributed by atoms with Gasteiger partial charge in [0, 0.05) is 29.2 Å². The Morgan fingerprint density at radius 2 is 1.36 bits per heavy atom. The van der Waals surface area contributed by atoms with Gasteiger partial charge in [0.2, 0.25) is 11.8 Å². The molecule has 8 heteroatoms. The van der Waals surface area contributed by atoms with Crippen LogP contribution in [0, 0.1) is 0 Å². The van der Waals surface area contributed by atoms with Crippen LogP contribution in [0.25, 0.3) is 33.6 Å². The molecule has 0 radical (unpaired) electrons. The van der Waals surface area contributed by atoms with Gasteiger partial charge in [-0.15, -0.1) is 10.2 Å². The van der Waals surface area contributed by atoms with Crippen molar-refractivity contribution >= 4 is 17.5 Å². The van der Waals surface area contributed by atoms with Crippen LogP contribution in [0.3, 0.4) is 0 Å². The molecule has 3 aromatic heterocycles. The third-order valence-electron chi connectivity index (χ3n) is 6.00. The quantitative estimate of drug-likeness (QED) is 0.242. The Labute approximate surface area is 225 Å². The zero-order valence-corrected chi connectivity index (χ0v) is 20.8. The van der Waals surface area contributed by atoms with Crippen molar-refractivity contribution in [3.05, 3.63) is 122 Å². The number of hydrogen-bond donors (Lipinski definition) is 2. The number of benzene rings is 3. The van der Waals surface area contributed by atoms with Crippen LogP contribution in [0.5, 0.6) is 11.6 Å². The molecule has 6 aromatic rings. The summed E-state index contributed by atoms with van der Waals surface area (Å²) in [6.45, 7) is 0. The lowest BCUT2D eigenvalue weighted by atomic mass is 10.0. The van der Waals surface area contributed by atoms with E-state index in [0.29, 0.717) is 23.1 Å². The van der Waals surface area contributed by atoms with Gasteiger partial charge in [0.25, 0.3) is 0 Å². The van der Waals surface area contributed by atoms with Crippen molar-refractivity contribution in [3.63, 3.8) is 0 Å². The van der Waals surface area contributed by atoms with Gasteiger partial charge < -0.3 is 15.8 Å². The van der Waals surface area contributed by atoms with Gasteiger partial charge >= 0.3 is 0 Å². The van der Waals surface area contributed by atoms with E-state index in [1.807, 2.05) is 84.9 Å². The van der Waals surface area contributed by atoms with E-state index >= 15 is 0 Å². The third kappa shape index (κ3) is 5.40. The summed E-state index contributed by atoms with van der Waals surface area (Å²) in [5.41, 5.74) is 11.8. The molecule has 0 saturated heterocycles. The zero-order chi connectivity index (χ0) is 26.4. The summed E-state index contributed by atoms with van der Waals surface area (Å²) in [5, 5.41) is 12.4. The van der Waals surface area contributed by atoms with Gasteiger partial charge in [-0.05, 0) is 54.1 Å². The fourth-order valence-electron chi connectivity index (χ4n) is 4.12. The summed E-state index contributed by atoms with van der Waals surface area (Å²) in [6.07, 6.45) is 3.27. The normalized spacial score (nSPS) is 10.7. The Morgan fingerprint density at radius 1 is 0.615 bits per heavy atom. The van der Waals surface area contributed by atoms with Crippen molar-refractivity contribution in [1.29, 1.82) is 0 Å². The molecule has 0 amide bonds. The molecule has 0 saturated carbocycles. The van der Waals surface area contributed by atoms with E-state index in [1.54, 1.807) is 18.5 Å². The van der Waals surface area contributed by atoms with Gasteiger partial charge in [0.1, 0.15) is 5.75 Å². The summed E-state index contributed by atoms with van der Waals surface area (Å²) in [4.78, 5) is 12.6. The molecule has 0 unspecified atom stereocenters. The number of hydrogen-bond acceptors (Lipinski definition) is 8. The molecule has 0 aliphatic heterocycles. The van der Waals surface area contributed by atoms with Crippen molar-refractivity contribution < 1.29 is 4.74 Å². The molecule has 0 aliphatic carbocycles. The lowest BCUT2D eigenvalue weighted by Crippen LogP contribution is -2.00. The second-order valence-electron chi connectivity index (χ2n) is 8.63. The van der Waals surface area contributed by atoms with E-state index in [2.05, 4.69) is 48.7 Å². The number of rotatable bonds is 7. The Morgan fingerprint density at radius 3 is 2.10 bits per heavy atom. The standard InChI is InChI=1S/C31H23N7O/c32-31-34-19-17-27(36-31)25-12-7-18-33-30(25)39-24-15-13-23(14-16-24)35-29-26(21-8-3-1-4-9-21)20-28(37-38-29)22-10-5-2-6-11-22/h1-20H,(H,35,38)(H2,32,34,36). The minimum atomic E-state index is 0.188. The van der Waals surface area contributed by atoms with Crippen LogP contribution >= 0.6 is 0 Å². The number of nitrogens with zero attached hydrogens (tertiary/aromatic N) is 5. The number of nitrogen functional groups attached to an aromatic ring is 1. The maximum Gasteiger partial charge on any atom is 0.228 e. The van der Waals surface area contributed by atoms with Gasteiger partial charge in [-0.3, -0.25) is 0 Å². The van der Waals surface area contributed by atoms with Crippen molar-refractivity contribution in [2.75, 3.05) is 11.1 Å². The van der Waals surface area contributed by atoms with Crippen molar-refractivity contribution in [2.45, 2.75) is 0 Å². The minimum absolute atomic E-state index is 0.188. The molecule has 0 spiro atoms. The van der Waals surface area contributed by atoms with E-state index in [1.165, 1.54) is 0 Å².